The fraction of sp³-hybridized carbons (Fsp3) is 0.421. The quantitative estimate of drug-likeness (QED) is 0.887. The lowest BCUT2D eigenvalue weighted by Crippen LogP contribution is -2.25. The Morgan fingerprint density at radius 1 is 1.29 bits per heavy atom. The monoisotopic (exact) mass is 325 g/mol. The molecule has 0 saturated carbocycles. The van der Waals surface area contributed by atoms with Gasteiger partial charge in [-0.1, -0.05) is 19.4 Å². The number of carbonyl (C=O) groups is 1. The van der Waals surface area contributed by atoms with Crippen LogP contribution in [0.2, 0.25) is 0 Å². The molecule has 1 aromatic heterocycles. The van der Waals surface area contributed by atoms with Crippen LogP contribution in [0.4, 0.5) is 0 Å². The van der Waals surface area contributed by atoms with Gasteiger partial charge in [0.15, 0.2) is 0 Å². The van der Waals surface area contributed by atoms with E-state index in [0.717, 1.165) is 42.7 Å². The molecule has 0 unspecified atom stereocenters. The van der Waals surface area contributed by atoms with Gasteiger partial charge in [-0.05, 0) is 42.9 Å². The van der Waals surface area contributed by atoms with E-state index in [0.29, 0.717) is 12.1 Å². The van der Waals surface area contributed by atoms with Crippen LogP contribution in [0.1, 0.15) is 52.5 Å². The number of fused-ring (bicyclic) bond motifs is 1. The normalized spacial score (nSPS) is 12.8. The van der Waals surface area contributed by atoms with E-state index in [-0.39, 0.29) is 5.91 Å². The summed E-state index contributed by atoms with van der Waals surface area (Å²) in [5.41, 5.74) is 5.10. The van der Waals surface area contributed by atoms with Gasteiger partial charge in [-0.15, -0.1) is 0 Å². The second-order valence-corrected chi connectivity index (χ2v) is 6.10. The van der Waals surface area contributed by atoms with Crippen molar-refractivity contribution in [2.45, 2.75) is 45.6 Å². The minimum Gasteiger partial charge on any atom is -0.496 e. The Hall–Kier alpha value is -2.43. The first-order chi connectivity index (χ1) is 11.7. The first kappa shape index (κ1) is 16.4. The van der Waals surface area contributed by atoms with Gasteiger partial charge in [0.1, 0.15) is 12.1 Å². The Bertz CT molecular complexity index is 743. The van der Waals surface area contributed by atoms with Gasteiger partial charge < -0.3 is 10.1 Å². The summed E-state index contributed by atoms with van der Waals surface area (Å²) in [4.78, 5) is 20.7. The third kappa shape index (κ3) is 3.40. The van der Waals surface area contributed by atoms with E-state index < -0.39 is 0 Å². The maximum Gasteiger partial charge on any atom is 0.254 e. The molecule has 1 heterocycles. The number of aromatic nitrogens is 2. The Kier molecular flexibility index (Phi) is 5.08. The SMILES string of the molecule is CCCc1ncncc1C(=O)NCc1cc2c(cc1OC)CCC2. The van der Waals surface area contributed by atoms with Gasteiger partial charge in [0, 0.05) is 18.3 Å². The maximum atomic E-state index is 12.5. The predicted octanol–water partition coefficient (Wildman–Crippen LogP) is 2.86. The summed E-state index contributed by atoms with van der Waals surface area (Å²) in [6.07, 6.45) is 8.20. The zero-order valence-electron chi connectivity index (χ0n) is 14.3. The van der Waals surface area contributed by atoms with Crippen molar-refractivity contribution >= 4 is 5.91 Å². The highest BCUT2D eigenvalue weighted by Gasteiger charge is 2.17. The second kappa shape index (κ2) is 7.43. The van der Waals surface area contributed by atoms with Crippen molar-refractivity contribution in [3.8, 4) is 5.75 Å². The molecule has 1 N–H and O–H groups in total. The number of nitrogens with one attached hydrogen (secondary N) is 1. The highest BCUT2D eigenvalue weighted by molar-refractivity contribution is 5.94. The Balaban J connectivity index is 1.75. The van der Waals surface area contributed by atoms with Crippen LogP contribution in [-0.4, -0.2) is 23.0 Å². The minimum absolute atomic E-state index is 0.137. The van der Waals surface area contributed by atoms with Gasteiger partial charge in [0.2, 0.25) is 0 Å². The first-order valence-corrected chi connectivity index (χ1v) is 8.48. The van der Waals surface area contributed by atoms with Gasteiger partial charge in [-0.2, -0.15) is 0 Å². The number of carbonyl (C=O) groups excluding carboxylic acids is 1. The van der Waals surface area contributed by atoms with Gasteiger partial charge in [0.05, 0.1) is 18.4 Å². The summed E-state index contributed by atoms with van der Waals surface area (Å²) in [6, 6.07) is 4.27. The molecule has 1 aliphatic rings. The summed E-state index contributed by atoms with van der Waals surface area (Å²) < 4.78 is 5.49. The van der Waals surface area contributed by atoms with Crippen LogP contribution in [0.3, 0.4) is 0 Å². The van der Waals surface area contributed by atoms with E-state index >= 15 is 0 Å². The summed E-state index contributed by atoms with van der Waals surface area (Å²) in [5.74, 6) is 0.704. The van der Waals surface area contributed by atoms with Crippen molar-refractivity contribution in [3.63, 3.8) is 0 Å². The molecule has 0 aliphatic heterocycles. The molecule has 0 spiro atoms. The predicted molar refractivity (Wildman–Crippen MR) is 92.2 cm³/mol. The molecule has 0 bridgehead atoms. The number of nitrogens with zero attached hydrogens (tertiary/aromatic N) is 2. The molecular weight excluding hydrogens is 302 g/mol. The third-order valence-corrected chi connectivity index (χ3v) is 4.46. The molecule has 5 nitrogen and oxygen atoms in total. The molecule has 1 aliphatic carbocycles. The summed E-state index contributed by atoms with van der Waals surface area (Å²) in [6.45, 7) is 2.51. The molecule has 0 radical (unpaired) electrons. The van der Waals surface area contributed by atoms with Crippen molar-refractivity contribution < 1.29 is 9.53 Å². The molecule has 2 aromatic rings. The first-order valence-electron chi connectivity index (χ1n) is 8.48. The number of ether oxygens (including phenoxy) is 1. The average Bonchev–Trinajstić information content (AvgIpc) is 3.06. The topological polar surface area (TPSA) is 64.1 Å². The lowest BCUT2D eigenvalue weighted by atomic mass is 10.0. The van der Waals surface area contributed by atoms with Crippen LogP contribution in [0, 0.1) is 0 Å². The Morgan fingerprint density at radius 2 is 2.08 bits per heavy atom. The lowest BCUT2D eigenvalue weighted by Gasteiger charge is -2.13. The molecule has 24 heavy (non-hydrogen) atoms. The Morgan fingerprint density at radius 3 is 2.83 bits per heavy atom. The number of benzene rings is 1. The molecule has 1 aromatic carbocycles. The molecular formula is C19H23N3O2. The fourth-order valence-corrected chi connectivity index (χ4v) is 3.23. The molecule has 5 heteroatoms. The number of amides is 1. The zero-order valence-corrected chi connectivity index (χ0v) is 14.3. The highest BCUT2D eigenvalue weighted by atomic mass is 16.5. The van der Waals surface area contributed by atoms with Gasteiger partial charge in [-0.25, -0.2) is 9.97 Å². The number of rotatable bonds is 6. The van der Waals surface area contributed by atoms with Crippen molar-refractivity contribution in [2.75, 3.05) is 7.11 Å². The van der Waals surface area contributed by atoms with E-state index in [1.165, 1.54) is 23.9 Å². The number of hydrogen-bond donors (Lipinski definition) is 1. The van der Waals surface area contributed by atoms with Crippen LogP contribution in [-0.2, 0) is 25.8 Å². The van der Waals surface area contributed by atoms with Crippen LogP contribution in [0.25, 0.3) is 0 Å². The largest absolute Gasteiger partial charge is 0.496 e. The minimum atomic E-state index is -0.137. The molecule has 126 valence electrons. The summed E-state index contributed by atoms with van der Waals surface area (Å²) in [7, 11) is 1.67. The van der Waals surface area contributed by atoms with Crippen molar-refractivity contribution in [2.24, 2.45) is 0 Å². The fourth-order valence-electron chi connectivity index (χ4n) is 3.23. The molecule has 1 amide bonds. The maximum absolute atomic E-state index is 12.5. The third-order valence-electron chi connectivity index (χ3n) is 4.46. The second-order valence-electron chi connectivity index (χ2n) is 6.10. The van der Waals surface area contributed by atoms with E-state index in [4.69, 9.17) is 4.74 Å². The van der Waals surface area contributed by atoms with E-state index in [1.54, 1.807) is 13.3 Å². The number of methoxy groups -OCH3 is 1. The van der Waals surface area contributed by atoms with Crippen LogP contribution < -0.4 is 10.1 Å². The zero-order chi connectivity index (χ0) is 16.9. The van der Waals surface area contributed by atoms with Crippen molar-refractivity contribution in [1.82, 2.24) is 15.3 Å². The van der Waals surface area contributed by atoms with E-state index in [1.807, 2.05) is 0 Å². The van der Waals surface area contributed by atoms with Crippen LogP contribution >= 0.6 is 0 Å². The van der Waals surface area contributed by atoms with Gasteiger partial charge in [0.25, 0.3) is 5.91 Å². The molecule has 0 fully saturated rings. The highest BCUT2D eigenvalue weighted by Crippen LogP contribution is 2.29. The van der Waals surface area contributed by atoms with E-state index in [9.17, 15) is 4.79 Å². The Labute approximate surface area is 142 Å². The average molecular weight is 325 g/mol. The number of hydrogen-bond acceptors (Lipinski definition) is 4. The number of aryl methyl sites for hydroxylation is 3. The molecule has 0 saturated heterocycles. The smallest absolute Gasteiger partial charge is 0.254 e. The molecule has 0 atom stereocenters. The lowest BCUT2D eigenvalue weighted by molar-refractivity contribution is 0.0949. The van der Waals surface area contributed by atoms with Gasteiger partial charge >= 0.3 is 0 Å². The van der Waals surface area contributed by atoms with Crippen molar-refractivity contribution in [1.29, 1.82) is 0 Å². The van der Waals surface area contributed by atoms with Gasteiger partial charge in [-0.3, -0.25) is 4.79 Å². The van der Waals surface area contributed by atoms with Crippen molar-refractivity contribution in [3.05, 3.63) is 52.6 Å². The van der Waals surface area contributed by atoms with Crippen LogP contribution in [0.15, 0.2) is 24.7 Å². The molecule has 3 rings (SSSR count). The summed E-state index contributed by atoms with van der Waals surface area (Å²) >= 11 is 0. The summed E-state index contributed by atoms with van der Waals surface area (Å²) in [5, 5.41) is 2.98. The van der Waals surface area contributed by atoms with E-state index in [2.05, 4.69) is 34.3 Å². The standard InChI is InChI=1S/C19H23N3O2/c1-3-5-17-16(11-20-12-22-17)19(23)21-10-15-8-13-6-4-7-14(13)9-18(15)24-2/h8-9,11-12H,3-7,10H2,1-2H3,(H,21,23). The van der Waals surface area contributed by atoms with Crippen LogP contribution in [0.5, 0.6) is 5.75 Å².